The van der Waals surface area contributed by atoms with Gasteiger partial charge in [-0.1, -0.05) is 70.4 Å². The Labute approximate surface area is 219 Å². The largest absolute Gasteiger partial charge is 0.407 e. The Morgan fingerprint density at radius 1 is 1.00 bits per heavy atom. The predicted molar refractivity (Wildman–Crippen MR) is 139 cm³/mol. The highest BCUT2D eigenvalue weighted by molar-refractivity contribution is 5.94. The molecule has 1 aliphatic heterocycles. The van der Waals surface area contributed by atoms with Crippen LogP contribution in [-0.2, 0) is 9.53 Å². The smallest absolute Gasteiger partial charge is 0.312 e. The quantitative estimate of drug-likeness (QED) is 0.122. The molecule has 1 saturated heterocycles. The van der Waals surface area contributed by atoms with E-state index in [2.05, 4.69) is 24.1 Å². The Bertz CT molecular complexity index is 842. The number of esters is 1. The number of carbonyl (C=O) groups excluding carboxylic acids is 2. The van der Waals surface area contributed by atoms with Crippen LogP contribution < -0.4 is 10.5 Å². The summed E-state index contributed by atoms with van der Waals surface area (Å²) in [6.45, 7) is 1.72. The molecule has 0 unspecified atom stereocenters. The van der Waals surface area contributed by atoms with Gasteiger partial charge in [0.1, 0.15) is 24.6 Å². The molecule has 1 amide bonds. The topological polar surface area (TPSA) is 157 Å². The van der Waals surface area contributed by atoms with Crippen molar-refractivity contribution in [2.24, 2.45) is 5.73 Å². The number of amides is 1. The first-order valence-electron chi connectivity index (χ1n) is 13.7. The molecule has 1 aromatic rings. The number of aromatic nitrogens is 2. The molecule has 0 spiro atoms. The summed E-state index contributed by atoms with van der Waals surface area (Å²) < 4.78 is 12.0. The predicted octanol–water partition coefficient (Wildman–Crippen LogP) is 3.54. The van der Waals surface area contributed by atoms with Crippen molar-refractivity contribution in [1.82, 2.24) is 9.55 Å². The zero-order valence-electron chi connectivity index (χ0n) is 22.1. The molecule has 5 N–H and O–H groups in total. The Kier molecular flexibility index (Phi) is 14.5. The SMILES string of the molecule is CCCCCCCC/C=C\CCCCCCCC(=O)Oc1c(C(N)=O)ncn1[C@@H]1O[C@H](CO)[C@@H](O)[C@H]1O. The van der Waals surface area contributed by atoms with Gasteiger partial charge in [0.25, 0.3) is 5.91 Å². The molecule has 0 bridgehead atoms. The zero-order valence-corrected chi connectivity index (χ0v) is 22.1. The molecular weight excluding hydrogens is 478 g/mol. The van der Waals surface area contributed by atoms with Crippen LogP contribution in [0.4, 0.5) is 0 Å². The van der Waals surface area contributed by atoms with Gasteiger partial charge < -0.3 is 30.5 Å². The van der Waals surface area contributed by atoms with E-state index < -0.39 is 43.0 Å². The zero-order chi connectivity index (χ0) is 27.0. The molecule has 210 valence electrons. The highest BCUT2D eigenvalue weighted by Gasteiger charge is 2.45. The van der Waals surface area contributed by atoms with Gasteiger partial charge in [0, 0.05) is 6.42 Å². The molecule has 1 fully saturated rings. The molecular formula is C27H45N3O7. The summed E-state index contributed by atoms with van der Waals surface area (Å²) in [6.07, 6.45) is 15.8. The number of carbonyl (C=O) groups is 2. The minimum atomic E-state index is -1.42. The van der Waals surface area contributed by atoms with Gasteiger partial charge in [0.2, 0.25) is 5.88 Å². The lowest BCUT2D eigenvalue weighted by atomic mass is 10.1. The van der Waals surface area contributed by atoms with E-state index in [0.29, 0.717) is 6.42 Å². The third-order valence-electron chi connectivity index (χ3n) is 6.63. The van der Waals surface area contributed by atoms with Gasteiger partial charge in [-0.25, -0.2) is 4.98 Å². The maximum atomic E-state index is 12.4. The molecule has 2 rings (SSSR count). The van der Waals surface area contributed by atoms with Crippen molar-refractivity contribution >= 4 is 11.9 Å². The van der Waals surface area contributed by atoms with Crippen molar-refractivity contribution in [3.63, 3.8) is 0 Å². The minimum Gasteiger partial charge on any atom is -0.407 e. The maximum absolute atomic E-state index is 12.4. The van der Waals surface area contributed by atoms with Gasteiger partial charge >= 0.3 is 5.97 Å². The van der Waals surface area contributed by atoms with Gasteiger partial charge in [0.05, 0.1) is 6.61 Å². The van der Waals surface area contributed by atoms with E-state index in [1.165, 1.54) is 44.9 Å². The average molecular weight is 524 g/mol. The fraction of sp³-hybridized carbons (Fsp3) is 0.741. The van der Waals surface area contributed by atoms with Crippen LogP contribution in [0.5, 0.6) is 5.88 Å². The first-order chi connectivity index (χ1) is 17.9. The summed E-state index contributed by atoms with van der Waals surface area (Å²) in [4.78, 5) is 28.1. The number of hydrogen-bond donors (Lipinski definition) is 4. The molecule has 1 aromatic heterocycles. The standard InChI is InChI=1S/C27H45N3O7/c1-2-3-4-5-6-7-8-9-10-11-12-13-14-15-16-17-21(32)37-26-22(25(28)35)29-19-30(26)27-24(34)23(33)20(18-31)36-27/h9-10,19-20,23-24,27,31,33-34H,2-8,11-18H2,1H3,(H2,28,35)/b10-9-/t20-,23-,24-,27-/m1/s1. The Balaban J connectivity index is 1.66. The number of ether oxygens (including phenoxy) is 2. The maximum Gasteiger partial charge on any atom is 0.312 e. The van der Waals surface area contributed by atoms with Gasteiger partial charge in [-0.15, -0.1) is 0 Å². The molecule has 4 atom stereocenters. The summed E-state index contributed by atoms with van der Waals surface area (Å²) in [5, 5.41) is 29.6. The van der Waals surface area contributed by atoms with Crippen molar-refractivity contribution in [2.45, 2.75) is 121 Å². The number of allylic oxidation sites excluding steroid dienone is 2. The summed E-state index contributed by atoms with van der Waals surface area (Å²) in [7, 11) is 0. The van der Waals surface area contributed by atoms with E-state index >= 15 is 0 Å². The number of imidazole rings is 1. The normalized spacial score (nSPS) is 21.6. The third kappa shape index (κ3) is 10.2. The van der Waals surface area contributed by atoms with Gasteiger partial charge in [-0.05, 0) is 32.1 Å². The molecule has 2 heterocycles. The van der Waals surface area contributed by atoms with E-state index in [-0.39, 0.29) is 18.0 Å². The average Bonchev–Trinajstić information content (AvgIpc) is 3.41. The van der Waals surface area contributed by atoms with E-state index in [4.69, 9.17) is 15.2 Å². The van der Waals surface area contributed by atoms with Gasteiger partial charge in [0.15, 0.2) is 11.9 Å². The summed E-state index contributed by atoms with van der Waals surface area (Å²) in [6, 6.07) is 0. The first-order valence-corrected chi connectivity index (χ1v) is 13.7. The van der Waals surface area contributed by atoms with Crippen LogP contribution in [-0.4, -0.2) is 61.7 Å². The Morgan fingerprint density at radius 3 is 2.16 bits per heavy atom. The number of unbranched alkanes of at least 4 members (excludes halogenated alkanes) is 11. The number of primary amides is 1. The summed E-state index contributed by atoms with van der Waals surface area (Å²) in [5.74, 6) is -1.72. The highest BCUT2D eigenvalue weighted by atomic mass is 16.6. The fourth-order valence-electron chi connectivity index (χ4n) is 4.41. The van der Waals surface area contributed by atoms with Gasteiger partial charge in [-0.3, -0.25) is 14.2 Å². The lowest BCUT2D eigenvalue weighted by molar-refractivity contribution is -0.135. The van der Waals surface area contributed by atoms with E-state index in [1.807, 2.05) is 0 Å². The minimum absolute atomic E-state index is 0.150. The molecule has 0 radical (unpaired) electrons. The summed E-state index contributed by atoms with van der Waals surface area (Å²) >= 11 is 0. The lowest BCUT2D eigenvalue weighted by Crippen LogP contribution is -2.33. The Hall–Kier alpha value is -2.27. The van der Waals surface area contributed by atoms with E-state index in [0.717, 1.165) is 43.0 Å². The van der Waals surface area contributed by atoms with E-state index in [1.54, 1.807) is 0 Å². The van der Waals surface area contributed by atoms with Crippen molar-refractivity contribution in [3.8, 4) is 5.88 Å². The monoisotopic (exact) mass is 523 g/mol. The first kappa shape index (κ1) is 31.0. The van der Waals surface area contributed by atoms with Crippen LogP contribution >= 0.6 is 0 Å². The molecule has 1 aliphatic rings. The number of hydrogen-bond acceptors (Lipinski definition) is 8. The number of aliphatic hydroxyl groups excluding tert-OH is 3. The van der Waals surface area contributed by atoms with Crippen LogP contribution in [0.15, 0.2) is 18.5 Å². The second kappa shape index (κ2) is 17.3. The second-order valence-electron chi connectivity index (χ2n) is 9.71. The number of aliphatic hydroxyl groups is 3. The van der Waals surface area contributed by atoms with Crippen LogP contribution in [0, 0.1) is 0 Å². The number of rotatable bonds is 19. The highest BCUT2D eigenvalue weighted by Crippen LogP contribution is 2.33. The van der Waals surface area contributed by atoms with E-state index in [9.17, 15) is 24.9 Å². The Morgan fingerprint density at radius 2 is 1.59 bits per heavy atom. The van der Waals surface area contributed by atoms with Crippen molar-refractivity contribution in [3.05, 3.63) is 24.2 Å². The number of nitrogens with two attached hydrogens (primary N) is 1. The number of nitrogens with zero attached hydrogens (tertiary/aromatic N) is 2. The molecule has 0 saturated carbocycles. The van der Waals surface area contributed by atoms with Crippen molar-refractivity contribution in [2.75, 3.05) is 6.61 Å². The third-order valence-corrected chi connectivity index (χ3v) is 6.63. The molecule has 0 aliphatic carbocycles. The van der Waals surface area contributed by atoms with Crippen LogP contribution in [0.1, 0.15) is 114 Å². The molecule has 10 nitrogen and oxygen atoms in total. The van der Waals surface area contributed by atoms with Crippen LogP contribution in [0.25, 0.3) is 0 Å². The molecule has 0 aromatic carbocycles. The molecule has 37 heavy (non-hydrogen) atoms. The fourth-order valence-corrected chi connectivity index (χ4v) is 4.41. The van der Waals surface area contributed by atoms with Crippen LogP contribution in [0.2, 0.25) is 0 Å². The summed E-state index contributed by atoms with van der Waals surface area (Å²) in [5.41, 5.74) is 5.07. The van der Waals surface area contributed by atoms with Crippen molar-refractivity contribution in [1.29, 1.82) is 0 Å². The van der Waals surface area contributed by atoms with Gasteiger partial charge in [-0.2, -0.15) is 0 Å². The van der Waals surface area contributed by atoms with Crippen LogP contribution in [0.3, 0.4) is 0 Å². The second-order valence-corrected chi connectivity index (χ2v) is 9.71. The van der Waals surface area contributed by atoms with Crippen molar-refractivity contribution < 1.29 is 34.4 Å². The molecule has 10 heteroatoms. The lowest BCUT2D eigenvalue weighted by Gasteiger charge is -2.18.